The minimum absolute atomic E-state index is 0.0251. The van der Waals surface area contributed by atoms with E-state index >= 15 is 0 Å². The van der Waals surface area contributed by atoms with Gasteiger partial charge in [0.05, 0.1) is 5.75 Å². The van der Waals surface area contributed by atoms with Gasteiger partial charge in [0.15, 0.2) is 0 Å². The molecule has 0 fully saturated rings. The van der Waals surface area contributed by atoms with E-state index < -0.39 is 0 Å². The molecule has 104 valence electrons. The van der Waals surface area contributed by atoms with E-state index in [4.69, 9.17) is 0 Å². The van der Waals surface area contributed by atoms with Crippen molar-refractivity contribution in [2.24, 2.45) is 0 Å². The zero-order chi connectivity index (χ0) is 14.5. The number of hydrogen-bond donors (Lipinski definition) is 1. The highest BCUT2D eigenvalue weighted by Gasteiger charge is 2.04. The molecule has 0 unspecified atom stereocenters. The second-order valence-electron chi connectivity index (χ2n) is 4.95. The highest BCUT2D eigenvalue weighted by Crippen LogP contribution is 2.21. The number of aryl methyl sites for hydroxylation is 3. The maximum Gasteiger partial charge on any atom is 0.234 e. The number of rotatable bonds is 4. The van der Waals surface area contributed by atoms with Gasteiger partial charge in [0.2, 0.25) is 5.91 Å². The zero-order valence-electron chi connectivity index (χ0n) is 12.1. The van der Waals surface area contributed by atoms with E-state index in [1.54, 1.807) is 11.8 Å². The topological polar surface area (TPSA) is 29.1 Å². The van der Waals surface area contributed by atoms with Crippen LogP contribution in [0.5, 0.6) is 0 Å². The van der Waals surface area contributed by atoms with E-state index in [2.05, 4.69) is 37.4 Å². The van der Waals surface area contributed by atoms with Crippen LogP contribution in [0, 0.1) is 20.8 Å². The molecule has 1 N–H and O–H groups in total. The lowest BCUT2D eigenvalue weighted by Crippen LogP contribution is -2.13. The number of thioether (sulfide) groups is 1. The summed E-state index contributed by atoms with van der Waals surface area (Å²) in [5, 5.41) is 2.91. The van der Waals surface area contributed by atoms with Crippen molar-refractivity contribution in [2.45, 2.75) is 25.7 Å². The molecule has 2 aromatic carbocycles. The molecule has 2 nitrogen and oxygen atoms in total. The van der Waals surface area contributed by atoms with E-state index in [9.17, 15) is 4.79 Å². The van der Waals surface area contributed by atoms with Crippen LogP contribution in [-0.2, 0) is 4.79 Å². The summed E-state index contributed by atoms with van der Waals surface area (Å²) >= 11 is 1.56. The number of nitrogens with one attached hydrogen (secondary N) is 1. The van der Waals surface area contributed by atoms with Crippen LogP contribution in [-0.4, -0.2) is 11.7 Å². The molecular weight excluding hydrogens is 266 g/mol. The fourth-order valence-corrected chi connectivity index (χ4v) is 2.58. The Kier molecular flexibility index (Phi) is 4.85. The van der Waals surface area contributed by atoms with Gasteiger partial charge in [-0.05, 0) is 56.2 Å². The fraction of sp³-hybridized carbons (Fsp3) is 0.235. The minimum atomic E-state index is 0.0251. The first-order chi connectivity index (χ1) is 9.54. The maximum atomic E-state index is 11.9. The molecular formula is C17H19NOS. The number of carbonyl (C=O) groups excluding carboxylic acids is 1. The number of hydrogen-bond acceptors (Lipinski definition) is 2. The first kappa shape index (κ1) is 14.7. The van der Waals surface area contributed by atoms with Crippen molar-refractivity contribution in [3.63, 3.8) is 0 Å². The third-order valence-electron chi connectivity index (χ3n) is 3.18. The number of carbonyl (C=O) groups is 1. The number of anilines is 1. The molecule has 0 aromatic heterocycles. The summed E-state index contributed by atoms with van der Waals surface area (Å²) in [6.07, 6.45) is 0. The summed E-state index contributed by atoms with van der Waals surface area (Å²) in [5.41, 5.74) is 4.57. The van der Waals surface area contributed by atoms with Gasteiger partial charge in [-0.1, -0.05) is 23.8 Å². The molecule has 0 saturated carbocycles. The molecule has 1 amide bonds. The smallest absolute Gasteiger partial charge is 0.234 e. The molecule has 20 heavy (non-hydrogen) atoms. The molecule has 0 aliphatic rings. The van der Waals surface area contributed by atoms with Crippen molar-refractivity contribution in [3.8, 4) is 0 Å². The van der Waals surface area contributed by atoms with E-state index in [-0.39, 0.29) is 5.91 Å². The van der Waals surface area contributed by atoms with Crippen molar-refractivity contribution in [1.82, 2.24) is 0 Å². The monoisotopic (exact) mass is 285 g/mol. The van der Waals surface area contributed by atoms with Crippen LogP contribution in [0.4, 0.5) is 5.69 Å². The molecule has 0 aliphatic heterocycles. The molecule has 0 radical (unpaired) electrons. The SMILES string of the molecule is Cc1ccc(NC(=O)CSc2ccc(C)c(C)c2)cc1. The highest BCUT2D eigenvalue weighted by molar-refractivity contribution is 8.00. The van der Waals surface area contributed by atoms with Crippen molar-refractivity contribution in [3.05, 3.63) is 59.2 Å². The first-order valence-electron chi connectivity index (χ1n) is 6.61. The second kappa shape index (κ2) is 6.62. The van der Waals surface area contributed by atoms with Crippen LogP contribution in [0.3, 0.4) is 0 Å². The Bertz CT molecular complexity index is 605. The third-order valence-corrected chi connectivity index (χ3v) is 4.18. The zero-order valence-corrected chi connectivity index (χ0v) is 12.9. The van der Waals surface area contributed by atoms with Gasteiger partial charge in [0, 0.05) is 10.6 Å². The summed E-state index contributed by atoms with van der Waals surface area (Å²) in [4.78, 5) is 13.0. The summed E-state index contributed by atoms with van der Waals surface area (Å²) < 4.78 is 0. The van der Waals surface area contributed by atoms with Gasteiger partial charge in [0.1, 0.15) is 0 Å². The van der Waals surface area contributed by atoms with Gasteiger partial charge < -0.3 is 5.32 Å². The quantitative estimate of drug-likeness (QED) is 0.847. The fourth-order valence-electron chi connectivity index (χ4n) is 1.79. The molecule has 2 rings (SSSR count). The van der Waals surface area contributed by atoms with Crippen LogP contribution >= 0.6 is 11.8 Å². The Hall–Kier alpha value is -1.74. The predicted octanol–water partition coefficient (Wildman–Crippen LogP) is 4.34. The molecule has 0 bridgehead atoms. The second-order valence-corrected chi connectivity index (χ2v) is 6.00. The van der Waals surface area contributed by atoms with Crippen molar-refractivity contribution < 1.29 is 4.79 Å². The molecule has 3 heteroatoms. The molecule has 0 spiro atoms. The third kappa shape index (κ3) is 4.14. The molecule has 0 atom stereocenters. The Labute approximate surface area is 124 Å². The van der Waals surface area contributed by atoms with E-state index in [0.29, 0.717) is 5.75 Å². The van der Waals surface area contributed by atoms with Gasteiger partial charge in [-0.2, -0.15) is 0 Å². The predicted molar refractivity (Wildman–Crippen MR) is 86.4 cm³/mol. The molecule has 2 aromatic rings. The van der Waals surface area contributed by atoms with Gasteiger partial charge in [0.25, 0.3) is 0 Å². The minimum Gasteiger partial charge on any atom is -0.325 e. The highest BCUT2D eigenvalue weighted by atomic mass is 32.2. The number of benzene rings is 2. The van der Waals surface area contributed by atoms with Crippen LogP contribution in [0.1, 0.15) is 16.7 Å². The van der Waals surface area contributed by atoms with Crippen molar-refractivity contribution in [1.29, 1.82) is 0 Å². The van der Waals surface area contributed by atoms with E-state index in [1.165, 1.54) is 16.7 Å². The lowest BCUT2D eigenvalue weighted by atomic mass is 10.1. The summed E-state index contributed by atoms with van der Waals surface area (Å²) in [6, 6.07) is 14.1. The number of amides is 1. The van der Waals surface area contributed by atoms with Gasteiger partial charge >= 0.3 is 0 Å². The average molecular weight is 285 g/mol. The molecule has 0 saturated heterocycles. The summed E-state index contributed by atoms with van der Waals surface area (Å²) in [6.45, 7) is 6.21. The van der Waals surface area contributed by atoms with Crippen LogP contribution in [0.2, 0.25) is 0 Å². The molecule has 0 heterocycles. The molecule has 0 aliphatic carbocycles. The van der Waals surface area contributed by atoms with Crippen molar-refractivity contribution in [2.75, 3.05) is 11.1 Å². The van der Waals surface area contributed by atoms with E-state index in [1.807, 2.05) is 31.2 Å². The summed E-state index contributed by atoms with van der Waals surface area (Å²) in [5.74, 6) is 0.452. The lowest BCUT2D eigenvalue weighted by molar-refractivity contribution is -0.113. The largest absolute Gasteiger partial charge is 0.325 e. The Morgan fingerprint density at radius 3 is 2.35 bits per heavy atom. The van der Waals surface area contributed by atoms with Crippen LogP contribution in [0.25, 0.3) is 0 Å². The maximum absolute atomic E-state index is 11.9. The average Bonchev–Trinajstić information content (AvgIpc) is 2.43. The van der Waals surface area contributed by atoms with Gasteiger partial charge in [-0.25, -0.2) is 0 Å². The normalized spacial score (nSPS) is 10.3. The van der Waals surface area contributed by atoms with Crippen LogP contribution < -0.4 is 5.32 Å². The Balaban J connectivity index is 1.88. The standard InChI is InChI=1S/C17H19NOS/c1-12-4-7-15(8-5-12)18-17(19)11-20-16-9-6-13(2)14(3)10-16/h4-10H,11H2,1-3H3,(H,18,19). The Morgan fingerprint density at radius 2 is 1.70 bits per heavy atom. The summed E-state index contributed by atoms with van der Waals surface area (Å²) in [7, 11) is 0. The van der Waals surface area contributed by atoms with Crippen molar-refractivity contribution >= 4 is 23.4 Å². The first-order valence-corrected chi connectivity index (χ1v) is 7.60. The lowest BCUT2D eigenvalue weighted by Gasteiger charge is -2.07. The van der Waals surface area contributed by atoms with E-state index in [0.717, 1.165) is 10.6 Å². The van der Waals surface area contributed by atoms with Gasteiger partial charge in [-0.15, -0.1) is 11.8 Å². The van der Waals surface area contributed by atoms with Crippen LogP contribution in [0.15, 0.2) is 47.4 Å². The van der Waals surface area contributed by atoms with Gasteiger partial charge in [-0.3, -0.25) is 4.79 Å². The Morgan fingerprint density at radius 1 is 1.00 bits per heavy atom.